The summed E-state index contributed by atoms with van der Waals surface area (Å²) in [7, 11) is 1.85. The molecule has 2 aliphatic rings. The number of hydrogen-bond acceptors (Lipinski definition) is 4. The molecule has 1 aliphatic heterocycles. The van der Waals surface area contributed by atoms with E-state index >= 15 is 0 Å². The van der Waals surface area contributed by atoms with Crippen molar-refractivity contribution in [3.8, 4) is 5.69 Å². The van der Waals surface area contributed by atoms with E-state index in [-0.39, 0.29) is 29.6 Å². The number of benzene rings is 1. The fourth-order valence-electron chi connectivity index (χ4n) is 6.11. The van der Waals surface area contributed by atoms with Gasteiger partial charge in [-0.2, -0.15) is 13.2 Å². The average Bonchev–Trinajstić information content (AvgIpc) is 3.47. The Bertz CT molecular complexity index is 1630. The van der Waals surface area contributed by atoms with Crippen LogP contribution in [-0.2, 0) is 25.2 Å². The minimum Gasteiger partial charge on any atom is -0.353 e. The van der Waals surface area contributed by atoms with Crippen molar-refractivity contribution in [1.82, 2.24) is 29.2 Å². The summed E-state index contributed by atoms with van der Waals surface area (Å²) < 4.78 is 74.2. The van der Waals surface area contributed by atoms with Crippen LogP contribution in [-0.4, -0.2) is 48.2 Å². The molecule has 6 rings (SSSR count). The predicted octanol–water partition coefficient (Wildman–Crippen LogP) is 5.41. The zero-order valence-electron chi connectivity index (χ0n) is 22.1. The van der Waals surface area contributed by atoms with E-state index in [0.717, 1.165) is 41.4 Å². The molecule has 0 bridgehead atoms. The maximum Gasteiger partial charge on any atom is 0.418 e. The van der Waals surface area contributed by atoms with Gasteiger partial charge in [-0.25, -0.2) is 8.78 Å². The Hall–Kier alpha value is -3.54. The first-order valence-corrected chi connectivity index (χ1v) is 13.3. The smallest absolute Gasteiger partial charge is 0.353 e. The Labute approximate surface area is 226 Å². The molecule has 1 N–H and O–H groups in total. The second-order valence-electron chi connectivity index (χ2n) is 11.2. The van der Waals surface area contributed by atoms with Gasteiger partial charge in [-0.3, -0.25) is 14.3 Å². The van der Waals surface area contributed by atoms with Crippen LogP contribution in [0.1, 0.15) is 55.3 Å². The first kappa shape index (κ1) is 26.7. The van der Waals surface area contributed by atoms with Gasteiger partial charge in [0.25, 0.3) is 11.5 Å². The van der Waals surface area contributed by atoms with E-state index in [9.17, 15) is 26.7 Å². The van der Waals surface area contributed by atoms with Crippen LogP contribution >= 0.6 is 0 Å². The number of pyridine rings is 1. The monoisotopic (exact) mass is 560 g/mol. The second-order valence-corrected chi connectivity index (χ2v) is 11.2. The van der Waals surface area contributed by atoms with Gasteiger partial charge in [0.2, 0.25) is 0 Å². The number of nitrogens with zero attached hydrogens (tertiary/aromatic N) is 5. The molecule has 7 nitrogen and oxygen atoms in total. The lowest BCUT2D eigenvalue weighted by molar-refractivity contribution is -0.136. The number of aromatic nitrogens is 5. The molecule has 12 heteroatoms. The van der Waals surface area contributed by atoms with Gasteiger partial charge in [0.15, 0.2) is 0 Å². The van der Waals surface area contributed by atoms with Crippen molar-refractivity contribution in [1.29, 1.82) is 0 Å². The minimum absolute atomic E-state index is 0.0105. The number of likely N-dealkylation sites (tertiary alicyclic amines) is 1. The van der Waals surface area contributed by atoms with E-state index in [1.54, 1.807) is 24.5 Å². The Kier molecular flexibility index (Phi) is 6.17. The number of fused-ring (bicyclic) bond motifs is 1. The van der Waals surface area contributed by atoms with Crippen LogP contribution in [0.25, 0.3) is 16.6 Å². The summed E-state index contributed by atoms with van der Waals surface area (Å²) in [5.74, 6) is -2.89. The number of rotatable bonds is 5. The summed E-state index contributed by atoms with van der Waals surface area (Å²) in [6, 6.07) is 8.22. The Balaban J connectivity index is 1.42. The third-order valence-electron chi connectivity index (χ3n) is 8.61. The van der Waals surface area contributed by atoms with Crippen molar-refractivity contribution >= 4 is 10.9 Å². The number of aromatic amines is 1. The second kappa shape index (κ2) is 9.25. The highest BCUT2D eigenvalue weighted by molar-refractivity contribution is 5.84. The first-order valence-electron chi connectivity index (χ1n) is 13.3. The maximum absolute atomic E-state index is 14.3. The molecule has 1 saturated carbocycles. The highest BCUT2D eigenvalue weighted by atomic mass is 19.4. The van der Waals surface area contributed by atoms with Crippen LogP contribution in [0.5, 0.6) is 0 Å². The zero-order valence-corrected chi connectivity index (χ0v) is 22.1. The van der Waals surface area contributed by atoms with Crippen molar-refractivity contribution in [2.75, 3.05) is 13.1 Å². The van der Waals surface area contributed by atoms with Gasteiger partial charge in [0.05, 0.1) is 17.5 Å². The lowest BCUT2D eigenvalue weighted by Gasteiger charge is -2.41. The molecule has 2 fully saturated rings. The number of hydrogen-bond donors (Lipinski definition) is 1. The van der Waals surface area contributed by atoms with Gasteiger partial charge in [0, 0.05) is 42.5 Å². The fraction of sp³-hybridized carbons (Fsp3) is 0.464. The summed E-state index contributed by atoms with van der Waals surface area (Å²) in [5.41, 5.74) is -0.839. The van der Waals surface area contributed by atoms with E-state index in [0.29, 0.717) is 12.2 Å². The molecule has 0 radical (unpaired) electrons. The highest BCUT2D eigenvalue weighted by Gasteiger charge is 2.44. The largest absolute Gasteiger partial charge is 0.418 e. The lowest BCUT2D eigenvalue weighted by atomic mass is 9.63. The van der Waals surface area contributed by atoms with E-state index in [2.05, 4.69) is 15.2 Å². The van der Waals surface area contributed by atoms with Crippen LogP contribution in [0, 0.1) is 5.92 Å². The summed E-state index contributed by atoms with van der Waals surface area (Å²) in [4.78, 5) is 17.9. The van der Waals surface area contributed by atoms with Gasteiger partial charge in [-0.15, -0.1) is 10.2 Å². The quantitative estimate of drug-likeness (QED) is 0.331. The van der Waals surface area contributed by atoms with Crippen LogP contribution in [0.4, 0.5) is 22.0 Å². The van der Waals surface area contributed by atoms with Gasteiger partial charge >= 0.3 is 6.18 Å². The molecule has 1 saturated heterocycles. The molecule has 4 aromatic rings. The third kappa shape index (κ3) is 4.32. The van der Waals surface area contributed by atoms with Crippen molar-refractivity contribution in [2.24, 2.45) is 13.0 Å². The number of H-pyrrole nitrogens is 1. The van der Waals surface area contributed by atoms with Gasteiger partial charge < -0.3 is 9.55 Å². The molecule has 0 amide bonds. The maximum atomic E-state index is 14.3. The SMILES string of the molecule is C[C@H]1CCN(Cc2cc3c(C(F)(F)F)cn(-c4cccc(C5(c6nncn6C)CCC5)c4)c(=O)c3[nH]2)CC1(F)F. The summed E-state index contributed by atoms with van der Waals surface area (Å²) in [6.07, 6.45) is 0.550. The molecule has 1 atom stereocenters. The summed E-state index contributed by atoms with van der Waals surface area (Å²) in [5, 5.41) is 8.03. The standard InChI is InChI=1S/C28H29F5N6O/c1-17-7-10-38(15-27(17,29)30)13-19-12-21-22(28(31,32)33)14-39(24(40)23(21)35-19)20-6-3-5-18(11-20)26(8-4-9-26)25-36-34-16-37(25)2/h3,5-6,11-12,14,16-17,35H,4,7-10,13,15H2,1-2H3/t17-/m0/s1. The fourth-order valence-corrected chi connectivity index (χ4v) is 6.11. The molecular weight excluding hydrogens is 531 g/mol. The molecule has 4 heterocycles. The van der Waals surface area contributed by atoms with Crippen LogP contribution < -0.4 is 5.56 Å². The molecule has 212 valence electrons. The number of aryl methyl sites for hydroxylation is 1. The van der Waals surface area contributed by atoms with Crippen molar-refractivity contribution < 1.29 is 22.0 Å². The lowest BCUT2D eigenvalue weighted by Crippen LogP contribution is -2.47. The molecular formula is C28H29F5N6O. The first-order chi connectivity index (χ1) is 18.9. The van der Waals surface area contributed by atoms with Gasteiger partial charge in [0.1, 0.15) is 17.7 Å². The molecule has 0 spiro atoms. The average molecular weight is 561 g/mol. The molecule has 1 aliphatic carbocycles. The number of nitrogens with one attached hydrogen (secondary N) is 1. The number of piperidine rings is 1. The number of halogens is 5. The van der Waals surface area contributed by atoms with E-state index in [1.807, 2.05) is 17.7 Å². The molecule has 40 heavy (non-hydrogen) atoms. The highest BCUT2D eigenvalue weighted by Crippen LogP contribution is 2.48. The Morgan fingerprint density at radius 1 is 1.18 bits per heavy atom. The van der Waals surface area contributed by atoms with Crippen LogP contribution in [0.3, 0.4) is 0 Å². The topological polar surface area (TPSA) is 71.7 Å². The summed E-state index contributed by atoms with van der Waals surface area (Å²) >= 11 is 0. The molecule has 3 aromatic heterocycles. The van der Waals surface area contributed by atoms with Gasteiger partial charge in [-0.1, -0.05) is 25.5 Å². The van der Waals surface area contributed by atoms with Gasteiger partial charge in [-0.05, 0) is 49.6 Å². The van der Waals surface area contributed by atoms with Crippen LogP contribution in [0.2, 0.25) is 0 Å². The third-order valence-corrected chi connectivity index (χ3v) is 8.61. The predicted molar refractivity (Wildman–Crippen MR) is 139 cm³/mol. The van der Waals surface area contributed by atoms with E-state index in [1.165, 1.54) is 17.9 Å². The van der Waals surface area contributed by atoms with Crippen molar-refractivity contribution in [2.45, 2.75) is 56.7 Å². The van der Waals surface area contributed by atoms with E-state index in [4.69, 9.17) is 0 Å². The van der Waals surface area contributed by atoms with Crippen molar-refractivity contribution in [3.05, 3.63) is 75.9 Å². The number of alkyl halides is 5. The summed E-state index contributed by atoms with van der Waals surface area (Å²) in [6.45, 7) is 1.39. The van der Waals surface area contributed by atoms with Crippen molar-refractivity contribution in [3.63, 3.8) is 0 Å². The minimum atomic E-state index is -4.74. The Morgan fingerprint density at radius 3 is 2.58 bits per heavy atom. The van der Waals surface area contributed by atoms with E-state index < -0.39 is 41.1 Å². The molecule has 1 aromatic carbocycles. The Morgan fingerprint density at radius 2 is 1.95 bits per heavy atom. The zero-order chi connectivity index (χ0) is 28.4. The van der Waals surface area contributed by atoms with Crippen LogP contribution in [0.15, 0.2) is 47.7 Å². The normalized spacial score (nSPS) is 21.0. The molecule has 0 unspecified atom stereocenters.